The molecule has 3 aromatic rings. The van der Waals surface area contributed by atoms with Gasteiger partial charge in [-0.15, -0.1) is 0 Å². The second-order valence-corrected chi connectivity index (χ2v) is 9.92. The van der Waals surface area contributed by atoms with Crippen LogP contribution in [0.4, 0.5) is 0 Å². The molecule has 0 N–H and O–H groups in total. The summed E-state index contributed by atoms with van der Waals surface area (Å²) in [6.07, 6.45) is 6.29. The number of hydrogen-bond donors (Lipinski definition) is 0. The molecular weight excluding hydrogens is 410 g/mol. The second-order valence-electron chi connectivity index (χ2n) is 9.92. The van der Waals surface area contributed by atoms with Gasteiger partial charge in [-0.2, -0.15) is 0 Å². The van der Waals surface area contributed by atoms with E-state index in [4.69, 9.17) is 9.72 Å². The lowest BCUT2D eigenvalue weighted by molar-refractivity contribution is -0.129. The Morgan fingerprint density at radius 1 is 1.06 bits per heavy atom. The summed E-state index contributed by atoms with van der Waals surface area (Å²) in [6, 6.07) is 17.2. The molecule has 5 nitrogen and oxygen atoms in total. The van der Waals surface area contributed by atoms with Gasteiger partial charge in [0.1, 0.15) is 11.6 Å². The van der Waals surface area contributed by atoms with Gasteiger partial charge in [0.15, 0.2) is 0 Å². The summed E-state index contributed by atoms with van der Waals surface area (Å²) in [6.45, 7) is 6.71. The topological polar surface area (TPSA) is 47.4 Å². The predicted octanol–water partition coefficient (Wildman–Crippen LogP) is 5.89. The number of carbonyl (C=O) groups excluding carboxylic acids is 1. The minimum Gasteiger partial charge on any atom is -0.494 e. The second kappa shape index (κ2) is 9.58. The number of amides is 1. The van der Waals surface area contributed by atoms with Crippen LogP contribution in [-0.2, 0) is 11.3 Å². The largest absolute Gasteiger partial charge is 0.494 e. The van der Waals surface area contributed by atoms with Crippen molar-refractivity contribution in [2.24, 2.45) is 0 Å². The number of hydrogen-bond acceptors (Lipinski definition) is 3. The zero-order chi connectivity index (χ0) is 22.8. The molecule has 2 aliphatic rings. The highest BCUT2D eigenvalue weighted by Crippen LogP contribution is 2.35. The smallest absolute Gasteiger partial charge is 0.223 e. The Bertz CT molecular complexity index is 1100. The Morgan fingerprint density at radius 2 is 1.82 bits per heavy atom. The summed E-state index contributed by atoms with van der Waals surface area (Å²) in [5.41, 5.74) is 3.50. The Kier molecular flexibility index (Phi) is 6.39. The van der Waals surface area contributed by atoms with Crippen LogP contribution in [0, 0.1) is 0 Å². The van der Waals surface area contributed by atoms with Crippen molar-refractivity contribution < 1.29 is 9.53 Å². The van der Waals surface area contributed by atoms with Gasteiger partial charge in [-0.1, -0.05) is 51.0 Å². The van der Waals surface area contributed by atoms with Crippen molar-refractivity contribution in [2.75, 3.05) is 13.2 Å². The number of fused-ring (bicyclic) bond motifs is 1. The fourth-order valence-electron chi connectivity index (χ4n) is 5.48. The molecule has 2 fully saturated rings. The van der Waals surface area contributed by atoms with Crippen LogP contribution in [-0.4, -0.2) is 39.6 Å². The minimum absolute atomic E-state index is 0.176. The van der Waals surface area contributed by atoms with Gasteiger partial charge in [0, 0.05) is 31.5 Å². The first kappa shape index (κ1) is 22.0. The molecule has 0 spiro atoms. The highest BCUT2D eigenvalue weighted by atomic mass is 16.5. The van der Waals surface area contributed by atoms with Gasteiger partial charge in [-0.05, 0) is 55.0 Å². The Labute approximate surface area is 196 Å². The van der Waals surface area contributed by atoms with Crippen molar-refractivity contribution >= 4 is 16.9 Å². The van der Waals surface area contributed by atoms with Crippen LogP contribution in [0.5, 0.6) is 5.75 Å². The van der Waals surface area contributed by atoms with E-state index in [9.17, 15) is 4.79 Å². The lowest BCUT2D eigenvalue weighted by Crippen LogP contribution is -2.34. The van der Waals surface area contributed by atoms with Crippen molar-refractivity contribution in [3.63, 3.8) is 0 Å². The molecule has 1 aliphatic heterocycles. The van der Waals surface area contributed by atoms with Crippen LogP contribution in [0.25, 0.3) is 11.0 Å². The zero-order valence-electron chi connectivity index (χ0n) is 19.9. The molecule has 1 aromatic heterocycles. The molecule has 174 valence electrons. The molecule has 1 unspecified atom stereocenters. The number of para-hydroxylation sites is 2. The summed E-state index contributed by atoms with van der Waals surface area (Å²) >= 11 is 0. The molecule has 1 aliphatic carbocycles. The van der Waals surface area contributed by atoms with E-state index in [2.05, 4.69) is 65.8 Å². The van der Waals surface area contributed by atoms with Crippen LogP contribution in [0.3, 0.4) is 0 Å². The van der Waals surface area contributed by atoms with E-state index in [1.807, 2.05) is 6.07 Å². The molecule has 0 radical (unpaired) electrons. The fraction of sp³-hybridized carbons (Fsp3) is 0.500. The third-order valence-corrected chi connectivity index (χ3v) is 7.31. The molecule has 2 aromatic carbocycles. The summed E-state index contributed by atoms with van der Waals surface area (Å²) in [4.78, 5) is 20.0. The first-order valence-corrected chi connectivity index (χ1v) is 12.6. The quantitative estimate of drug-likeness (QED) is 0.406. The van der Waals surface area contributed by atoms with Crippen LogP contribution >= 0.6 is 0 Å². The number of imidazole rings is 1. The van der Waals surface area contributed by atoms with Gasteiger partial charge in [0.25, 0.3) is 0 Å². The highest BCUT2D eigenvalue weighted by molar-refractivity contribution is 5.81. The van der Waals surface area contributed by atoms with E-state index in [1.165, 1.54) is 18.4 Å². The van der Waals surface area contributed by atoms with Gasteiger partial charge < -0.3 is 14.2 Å². The molecule has 5 rings (SSSR count). The molecule has 33 heavy (non-hydrogen) atoms. The molecule has 1 saturated heterocycles. The molecule has 5 heteroatoms. The van der Waals surface area contributed by atoms with E-state index >= 15 is 0 Å². The van der Waals surface area contributed by atoms with Gasteiger partial charge in [-0.25, -0.2) is 4.98 Å². The lowest BCUT2D eigenvalue weighted by Gasteiger charge is -2.24. The first-order chi connectivity index (χ1) is 16.1. The highest BCUT2D eigenvalue weighted by Gasteiger charge is 2.38. The summed E-state index contributed by atoms with van der Waals surface area (Å²) in [7, 11) is 0. The van der Waals surface area contributed by atoms with E-state index in [0.29, 0.717) is 30.9 Å². The van der Waals surface area contributed by atoms with Gasteiger partial charge in [0.05, 0.1) is 17.6 Å². The van der Waals surface area contributed by atoms with Crippen LogP contribution in [0.2, 0.25) is 0 Å². The minimum atomic E-state index is 0.176. The lowest BCUT2D eigenvalue weighted by atomic mass is 10.0. The van der Waals surface area contributed by atoms with Crippen LogP contribution < -0.4 is 4.74 Å². The van der Waals surface area contributed by atoms with Crippen molar-refractivity contribution in [2.45, 2.75) is 76.8 Å². The van der Waals surface area contributed by atoms with E-state index in [0.717, 1.165) is 55.0 Å². The number of nitrogens with zero attached hydrogens (tertiary/aromatic N) is 3. The van der Waals surface area contributed by atoms with Crippen LogP contribution in [0.15, 0.2) is 48.5 Å². The van der Waals surface area contributed by atoms with Gasteiger partial charge in [0.2, 0.25) is 5.91 Å². The summed E-state index contributed by atoms with van der Waals surface area (Å²) in [5.74, 6) is 2.99. The SMILES string of the molecule is CC(C)c1ccc(OCCCn2c(C3CC(=O)N(C4CCCC4)C3)nc3ccccc32)cc1. The van der Waals surface area contributed by atoms with E-state index in [1.54, 1.807) is 0 Å². The number of aryl methyl sites for hydroxylation is 1. The summed E-state index contributed by atoms with van der Waals surface area (Å²) < 4.78 is 8.35. The number of likely N-dealkylation sites (tertiary alicyclic amines) is 1. The maximum Gasteiger partial charge on any atom is 0.223 e. The normalized spacial score (nSPS) is 19.3. The van der Waals surface area contributed by atoms with E-state index in [-0.39, 0.29) is 5.92 Å². The maximum atomic E-state index is 12.8. The Morgan fingerprint density at radius 3 is 2.58 bits per heavy atom. The molecule has 1 saturated carbocycles. The number of aromatic nitrogens is 2. The van der Waals surface area contributed by atoms with Crippen LogP contribution in [0.1, 0.15) is 75.6 Å². The third kappa shape index (κ3) is 4.64. The molecule has 1 amide bonds. The predicted molar refractivity (Wildman–Crippen MR) is 132 cm³/mol. The van der Waals surface area contributed by atoms with Crippen molar-refractivity contribution in [3.05, 3.63) is 59.9 Å². The van der Waals surface area contributed by atoms with Crippen molar-refractivity contribution in [1.29, 1.82) is 0 Å². The van der Waals surface area contributed by atoms with Crippen molar-refractivity contribution in [1.82, 2.24) is 14.5 Å². The monoisotopic (exact) mass is 445 g/mol. The summed E-state index contributed by atoms with van der Waals surface area (Å²) in [5, 5.41) is 0. The standard InChI is InChI=1S/C28H35N3O2/c1-20(2)21-12-14-24(15-13-21)33-17-7-16-30-26-11-6-5-10-25(26)29-28(30)22-18-27(32)31(19-22)23-8-3-4-9-23/h5-6,10-15,20,22-23H,3-4,7-9,16-19H2,1-2H3. The molecule has 1 atom stereocenters. The zero-order valence-corrected chi connectivity index (χ0v) is 19.9. The first-order valence-electron chi connectivity index (χ1n) is 12.6. The molecule has 0 bridgehead atoms. The number of benzene rings is 2. The number of ether oxygens (including phenoxy) is 1. The van der Waals surface area contributed by atoms with Crippen molar-refractivity contribution in [3.8, 4) is 5.75 Å². The third-order valence-electron chi connectivity index (χ3n) is 7.31. The Balaban J connectivity index is 1.27. The Hall–Kier alpha value is -2.82. The number of carbonyl (C=O) groups is 1. The van der Waals surface area contributed by atoms with Gasteiger partial charge >= 0.3 is 0 Å². The molecule has 2 heterocycles. The average molecular weight is 446 g/mol. The van der Waals surface area contributed by atoms with Gasteiger partial charge in [-0.3, -0.25) is 4.79 Å². The van der Waals surface area contributed by atoms with E-state index < -0.39 is 0 Å². The maximum absolute atomic E-state index is 12.8. The number of rotatable bonds is 8. The fourth-order valence-corrected chi connectivity index (χ4v) is 5.48. The average Bonchev–Trinajstić information content (AvgIpc) is 3.55. The molecular formula is C28H35N3O2.